The fourth-order valence-corrected chi connectivity index (χ4v) is 2.90. The van der Waals surface area contributed by atoms with Crippen LogP contribution < -0.4 is 5.73 Å². The fourth-order valence-electron chi connectivity index (χ4n) is 1.50. The Labute approximate surface area is 97.8 Å². The molecule has 2 aromatic heterocycles. The van der Waals surface area contributed by atoms with Gasteiger partial charge in [0, 0.05) is 22.7 Å². The Hall–Kier alpha value is -0.710. The van der Waals surface area contributed by atoms with Gasteiger partial charge in [-0.05, 0) is 30.9 Å². The van der Waals surface area contributed by atoms with E-state index >= 15 is 0 Å². The van der Waals surface area contributed by atoms with E-state index in [4.69, 9.17) is 5.73 Å². The van der Waals surface area contributed by atoms with Gasteiger partial charge in [-0.25, -0.2) is 4.98 Å². The highest BCUT2D eigenvalue weighted by molar-refractivity contribution is 7.10. The van der Waals surface area contributed by atoms with E-state index in [0.717, 1.165) is 17.1 Å². The van der Waals surface area contributed by atoms with Crippen LogP contribution in [0.25, 0.3) is 0 Å². The molecule has 0 amide bonds. The zero-order valence-corrected chi connectivity index (χ0v) is 10.5. The minimum atomic E-state index is 0.0800. The average molecular weight is 238 g/mol. The van der Waals surface area contributed by atoms with Gasteiger partial charge in [-0.3, -0.25) is 0 Å². The van der Waals surface area contributed by atoms with Crippen molar-refractivity contribution in [1.82, 2.24) is 4.98 Å². The lowest BCUT2D eigenvalue weighted by Crippen LogP contribution is -2.12. The predicted molar refractivity (Wildman–Crippen MR) is 66.5 cm³/mol. The van der Waals surface area contributed by atoms with Crippen molar-refractivity contribution in [3.8, 4) is 0 Å². The zero-order valence-electron chi connectivity index (χ0n) is 8.86. The maximum absolute atomic E-state index is 6.12. The number of nitrogens with two attached hydrogens (primary N) is 1. The van der Waals surface area contributed by atoms with Crippen LogP contribution in [0.3, 0.4) is 0 Å². The molecule has 2 N–H and O–H groups in total. The van der Waals surface area contributed by atoms with E-state index in [1.807, 2.05) is 6.92 Å². The molecule has 1 atom stereocenters. The number of aromatic nitrogens is 1. The Morgan fingerprint density at radius 1 is 1.33 bits per heavy atom. The molecule has 2 aromatic rings. The van der Waals surface area contributed by atoms with Crippen LogP contribution in [0.5, 0.6) is 0 Å². The van der Waals surface area contributed by atoms with Crippen LogP contribution in [0, 0.1) is 13.8 Å². The molecule has 4 heteroatoms. The lowest BCUT2D eigenvalue weighted by atomic mass is 10.1. The molecule has 0 aliphatic heterocycles. The van der Waals surface area contributed by atoms with Gasteiger partial charge < -0.3 is 5.73 Å². The summed E-state index contributed by atoms with van der Waals surface area (Å²) in [5, 5.41) is 5.34. The maximum atomic E-state index is 6.12. The Morgan fingerprint density at radius 2 is 2.13 bits per heavy atom. The van der Waals surface area contributed by atoms with Crippen molar-refractivity contribution in [3.05, 3.63) is 38.0 Å². The summed E-state index contributed by atoms with van der Waals surface area (Å²) in [5.74, 6) is 0. The summed E-state index contributed by atoms with van der Waals surface area (Å²) in [6.07, 6.45) is 0.834. The van der Waals surface area contributed by atoms with E-state index in [1.54, 1.807) is 22.7 Å². The molecule has 15 heavy (non-hydrogen) atoms. The largest absolute Gasteiger partial charge is 0.324 e. The third kappa shape index (κ3) is 2.65. The standard InChI is InChI=1S/C11H14N2S2/c1-7-3-9(5-14-7)11(12)4-10-6-15-8(2)13-10/h3,5-6,11H,4,12H2,1-2H3. The molecule has 80 valence electrons. The molecule has 0 aliphatic carbocycles. The van der Waals surface area contributed by atoms with E-state index in [0.29, 0.717) is 0 Å². The van der Waals surface area contributed by atoms with Gasteiger partial charge in [-0.15, -0.1) is 22.7 Å². The van der Waals surface area contributed by atoms with Crippen molar-refractivity contribution in [3.63, 3.8) is 0 Å². The molecular weight excluding hydrogens is 224 g/mol. The summed E-state index contributed by atoms with van der Waals surface area (Å²) in [6, 6.07) is 2.24. The van der Waals surface area contributed by atoms with Crippen LogP contribution in [-0.4, -0.2) is 4.98 Å². The average Bonchev–Trinajstić information content (AvgIpc) is 2.75. The third-order valence-electron chi connectivity index (χ3n) is 2.27. The van der Waals surface area contributed by atoms with E-state index < -0.39 is 0 Å². The first kappa shape index (κ1) is 10.8. The molecule has 2 nitrogen and oxygen atoms in total. The number of aryl methyl sites for hydroxylation is 2. The first-order valence-corrected chi connectivity index (χ1v) is 6.62. The van der Waals surface area contributed by atoms with Gasteiger partial charge in [0.2, 0.25) is 0 Å². The third-order valence-corrected chi connectivity index (χ3v) is 3.98. The Kier molecular flexibility index (Phi) is 3.19. The zero-order chi connectivity index (χ0) is 10.8. The number of thiophene rings is 1. The van der Waals surface area contributed by atoms with Crippen molar-refractivity contribution in [2.45, 2.75) is 26.3 Å². The summed E-state index contributed by atoms with van der Waals surface area (Å²) in [4.78, 5) is 5.74. The Morgan fingerprint density at radius 3 is 2.67 bits per heavy atom. The highest BCUT2D eigenvalue weighted by atomic mass is 32.1. The van der Waals surface area contributed by atoms with Gasteiger partial charge in [-0.2, -0.15) is 0 Å². The van der Waals surface area contributed by atoms with Crippen molar-refractivity contribution < 1.29 is 0 Å². The van der Waals surface area contributed by atoms with E-state index in [1.165, 1.54) is 10.4 Å². The molecule has 0 aromatic carbocycles. The van der Waals surface area contributed by atoms with Crippen molar-refractivity contribution in [2.24, 2.45) is 5.73 Å². The van der Waals surface area contributed by atoms with Gasteiger partial charge in [0.15, 0.2) is 0 Å². The summed E-state index contributed by atoms with van der Waals surface area (Å²) >= 11 is 3.43. The number of nitrogens with zero attached hydrogens (tertiary/aromatic N) is 1. The van der Waals surface area contributed by atoms with Gasteiger partial charge >= 0.3 is 0 Å². The first-order chi connectivity index (χ1) is 7.15. The van der Waals surface area contributed by atoms with Crippen LogP contribution in [0.1, 0.15) is 27.2 Å². The van der Waals surface area contributed by atoms with Gasteiger partial charge in [0.25, 0.3) is 0 Å². The van der Waals surface area contributed by atoms with Gasteiger partial charge in [0.1, 0.15) is 0 Å². The summed E-state index contributed by atoms with van der Waals surface area (Å²) in [5.41, 5.74) is 8.45. The predicted octanol–water partition coefficient (Wildman–Crippen LogP) is 3.06. The molecule has 0 spiro atoms. The number of thiazole rings is 1. The second-order valence-electron chi connectivity index (χ2n) is 3.66. The van der Waals surface area contributed by atoms with Crippen LogP contribution in [0.2, 0.25) is 0 Å². The monoisotopic (exact) mass is 238 g/mol. The highest BCUT2D eigenvalue weighted by Gasteiger charge is 2.10. The highest BCUT2D eigenvalue weighted by Crippen LogP contribution is 2.22. The summed E-state index contributed by atoms with van der Waals surface area (Å²) < 4.78 is 0. The van der Waals surface area contributed by atoms with Gasteiger partial charge in [0.05, 0.1) is 10.7 Å². The van der Waals surface area contributed by atoms with Crippen molar-refractivity contribution in [1.29, 1.82) is 0 Å². The molecular formula is C11H14N2S2. The lowest BCUT2D eigenvalue weighted by molar-refractivity contribution is 0.711. The topological polar surface area (TPSA) is 38.9 Å². The minimum Gasteiger partial charge on any atom is -0.324 e. The maximum Gasteiger partial charge on any atom is 0.0897 e. The van der Waals surface area contributed by atoms with E-state index in [-0.39, 0.29) is 6.04 Å². The lowest BCUT2D eigenvalue weighted by Gasteiger charge is -2.07. The quantitative estimate of drug-likeness (QED) is 0.892. The van der Waals surface area contributed by atoms with Gasteiger partial charge in [-0.1, -0.05) is 0 Å². The van der Waals surface area contributed by atoms with Crippen LogP contribution in [0.4, 0.5) is 0 Å². The van der Waals surface area contributed by atoms with Crippen LogP contribution in [-0.2, 0) is 6.42 Å². The molecule has 2 rings (SSSR count). The minimum absolute atomic E-state index is 0.0800. The molecule has 2 heterocycles. The summed E-state index contributed by atoms with van der Waals surface area (Å²) in [7, 11) is 0. The molecule has 0 aliphatic rings. The molecule has 0 saturated carbocycles. The molecule has 0 bridgehead atoms. The normalized spacial score (nSPS) is 13.0. The number of rotatable bonds is 3. The second-order valence-corrected chi connectivity index (χ2v) is 5.84. The van der Waals surface area contributed by atoms with E-state index in [2.05, 4.69) is 28.7 Å². The molecule has 1 unspecified atom stereocenters. The fraction of sp³-hybridized carbons (Fsp3) is 0.364. The Balaban J connectivity index is 2.06. The van der Waals surface area contributed by atoms with Crippen LogP contribution in [0.15, 0.2) is 16.8 Å². The second kappa shape index (κ2) is 4.43. The van der Waals surface area contributed by atoms with E-state index in [9.17, 15) is 0 Å². The SMILES string of the molecule is Cc1cc(C(N)Cc2csc(C)n2)cs1. The molecule has 0 radical (unpaired) electrons. The number of hydrogen-bond acceptors (Lipinski definition) is 4. The molecule has 0 saturated heterocycles. The van der Waals surface area contributed by atoms with Crippen molar-refractivity contribution in [2.75, 3.05) is 0 Å². The Bertz CT molecular complexity index is 445. The summed E-state index contributed by atoms with van der Waals surface area (Å²) in [6.45, 7) is 4.13. The van der Waals surface area contributed by atoms with Crippen LogP contribution >= 0.6 is 22.7 Å². The number of hydrogen-bond donors (Lipinski definition) is 1. The van der Waals surface area contributed by atoms with Crippen molar-refractivity contribution >= 4 is 22.7 Å². The molecule has 0 fully saturated rings. The first-order valence-electron chi connectivity index (χ1n) is 4.87. The smallest absolute Gasteiger partial charge is 0.0897 e.